The molecule has 0 spiro atoms. The van der Waals surface area contributed by atoms with Gasteiger partial charge >= 0.3 is 0 Å². The molecule has 0 saturated heterocycles. The molecule has 0 saturated carbocycles. The standard InChI is InChI=1S/C20H23N3O2S4/c1-11-17(27-12(2)22-11)19(25)23-14-6-7-15-13(8-14)9-16(28-15)18(24)21-10-20(3,4)29(5)26/h6-9H,10H2,1-5H3,(H,21,24)(H,23,25). The summed E-state index contributed by atoms with van der Waals surface area (Å²) < 4.78 is 0.877. The number of hydrogen-bond donors (Lipinski definition) is 2. The Bertz CT molecular complexity index is 1110. The third kappa shape index (κ3) is 5.09. The van der Waals surface area contributed by atoms with Crippen LogP contribution in [0.1, 0.15) is 43.9 Å². The van der Waals surface area contributed by atoms with Gasteiger partial charge in [0.2, 0.25) is 0 Å². The molecule has 3 rings (SSSR count). The van der Waals surface area contributed by atoms with Crippen molar-refractivity contribution in [1.29, 1.82) is 0 Å². The Labute approximate surface area is 185 Å². The van der Waals surface area contributed by atoms with E-state index in [1.54, 1.807) is 0 Å². The fraction of sp³-hybridized carbons (Fsp3) is 0.350. The van der Waals surface area contributed by atoms with Gasteiger partial charge in [-0.2, -0.15) is 0 Å². The van der Waals surface area contributed by atoms with Crippen LogP contribution < -0.4 is 10.6 Å². The van der Waals surface area contributed by atoms with Crippen LogP contribution in [0.2, 0.25) is 0 Å². The molecule has 1 aromatic carbocycles. The van der Waals surface area contributed by atoms with E-state index in [0.717, 1.165) is 20.8 Å². The monoisotopic (exact) mass is 465 g/mol. The summed E-state index contributed by atoms with van der Waals surface area (Å²) in [5.74, 6) is -0.261. The summed E-state index contributed by atoms with van der Waals surface area (Å²) in [6.45, 7) is 8.39. The molecular formula is C20H23N3O2S4. The quantitative estimate of drug-likeness (QED) is 0.564. The maximum Gasteiger partial charge on any atom is 0.267 e. The summed E-state index contributed by atoms with van der Waals surface area (Å²) in [6, 6.07) is 7.53. The van der Waals surface area contributed by atoms with Crippen LogP contribution in [-0.4, -0.2) is 34.3 Å². The summed E-state index contributed by atoms with van der Waals surface area (Å²) in [7, 11) is -0.210. The molecule has 1 atom stereocenters. The normalized spacial score (nSPS) is 12.7. The fourth-order valence-corrected chi connectivity index (χ4v) is 4.87. The highest BCUT2D eigenvalue weighted by atomic mass is 32.8. The van der Waals surface area contributed by atoms with Crippen LogP contribution >= 0.6 is 22.7 Å². The van der Waals surface area contributed by atoms with E-state index in [1.165, 1.54) is 22.7 Å². The molecule has 5 nitrogen and oxygen atoms in total. The molecule has 0 aliphatic rings. The number of aryl methyl sites for hydroxylation is 2. The summed E-state index contributed by atoms with van der Waals surface area (Å²) in [5.41, 5.74) is 1.43. The Morgan fingerprint density at radius 2 is 1.90 bits per heavy atom. The van der Waals surface area contributed by atoms with Crippen LogP contribution in [0.15, 0.2) is 24.3 Å². The molecule has 0 aliphatic carbocycles. The number of carbonyl (C=O) groups is 2. The van der Waals surface area contributed by atoms with Crippen molar-refractivity contribution < 1.29 is 9.59 Å². The van der Waals surface area contributed by atoms with Crippen molar-refractivity contribution in [3.05, 3.63) is 44.7 Å². The predicted octanol–water partition coefficient (Wildman–Crippen LogP) is 4.45. The number of carbonyl (C=O) groups excluding carboxylic acids is 2. The lowest BCUT2D eigenvalue weighted by Gasteiger charge is -2.24. The zero-order valence-corrected chi connectivity index (χ0v) is 20.2. The van der Waals surface area contributed by atoms with E-state index in [9.17, 15) is 9.59 Å². The van der Waals surface area contributed by atoms with Crippen LogP contribution in [-0.2, 0) is 20.6 Å². The Balaban J connectivity index is 1.74. The van der Waals surface area contributed by atoms with Crippen LogP contribution in [0.5, 0.6) is 0 Å². The summed E-state index contributed by atoms with van der Waals surface area (Å²) in [6.07, 6.45) is 2.01. The number of aromatic nitrogens is 1. The summed E-state index contributed by atoms with van der Waals surface area (Å²) >= 11 is 8.19. The first-order valence-electron chi connectivity index (χ1n) is 8.97. The number of fused-ring (bicyclic) bond motifs is 1. The highest BCUT2D eigenvalue weighted by Gasteiger charge is 2.21. The van der Waals surface area contributed by atoms with E-state index in [2.05, 4.69) is 29.5 Å². The SMILES string of the molecule is Cc1nc(C)c(C(=O)Nc2ccc3sc(C(=O)NCC(C)(C)S(C)=S)cc3c2)s1. The first-order valence-corrected chi connectivity index (χ1v) is 13.2. The molecule has 2 heterocycles. The van der Waals surface area contributed by atoms with Crippen molar-refractivity contribution in [3.8, 4) is 0 Å². The molecule has 3 aromatic rings. The molecule has 0 aliphatic heterocycles. The van der Waals surface area contributed by atoms with Gasteiger partial charge in [0, 0.05) is 21.7 Å². The average Bonchev–Trinajstić information content (AvgIpc) is 3.21. The highest BCUT2D eigenvalue weighted by Crippen LogP contribution is 2.29. The highest BCUT2D eigenvalue weighted by molar-refractivity contribution is 8.29. The van der Waals surface area contributed by atoms with Crippen LogP contribution in [0.4, 0.5) is 5.69 Å². The molecule has 2 aromatic heterocycles. The van der Waals surface area contributed by atoms with Crippen molar-refractivity contribution in [2.75, 3.05) is 18.1 Å². The number of hydrogen-bond acceptors (Lipinski definition) is 6. The molecule has 0 fully saturated rings. The van der Waals surface area contributed by atoms with Gasteiger partial charge in [-0.3, -0.25) is 9.59 Å². The van der Waals surface area contributed by atoms with E-state index in [1.807, 2.05) is 44.4 Å². The second kappa shape index (κ2) is 8.59. The van der Waals surface area contributed by atoms with Gasteiger partial charge in [0.25, 0.3) is 11.8 Å². The Morgan fingerprint density at radius 3 is 2.52 bits per heavy atom. The van der Waals surface area contributed by atoms with Crippen LogP contribution in [0.25, 0.3) is 10.1 Å². The van der Waals surface area contributed by atoms with E-state index in [4.69, 9.17) is 11.2 Å². The lowest BCUT2D eigenvalue weighted by molar-refractivity contribution is 0.0954. The number of anilines is 1. The minimum atomic E-state index is -0.210. The minimum absolute atomic E-state index is 0.0962. The van der Waals surface area contributed by atoms with E-state index in [0.29, 0.717) is 22.0 Å². The second-order valence-electron chi connectivity index (χ2n) is 7.36. The topological polar surface area (TPSA) is 71.1 Å². The molecule has 0 radical (unpaired) electrons. The summed E-state index contributed by atoms with van der Waals surface area (Å²) in [5, 5.41) is 7.71. The molecule has 29 heavy (non-hydrogen) atoms. The van der Waals surface area contributed by atoms with Crippen molar-refractivity contribution in [2.24, 2.45) is 0 Å². The molecule has 154 valence electrons. The molecular weight excluding hydrogens is 443 g/mol. The van der Waals surface area contributed by atoms with E-state index < -0.39 is 0 Å². The van der Waals surface area contributed by atoms with Gasteiger partial charge in [0.05, 0.1) is 15.6 Å². The fourth-order valence-electron chi connectivity index (χ4n) is 2.64. The number of nitrogens with zero attached hydrogens (tertiary/aromatic N) is 1. The number of amides is 2. The third-order valence-electron chi connectivity index (χ3n) is 4.56. The number of thiazole rings is 1. The van der Waals surface area contributed by atoms with E-state index in [-0.39, 0.29) is 26.0 Å². The van der Waals surface area contributed by atoms with Gasteiger partial charge in [-0.15, -0.1) is 32.1 Å². The lowest BCUT2D eigenvalue weighted by Crippen LogP contribution is -2.40. The largest absolute Gasteiger partial charge is 0.350 e. The van der Waals surface area contributed by atoms with Gasteiger partial charge < -0.3 is 10.6 Å². The summed E-state index contributed by atoms with van der Waals surface area (Å²) in [4.78, 5) is 30.7. The molecule has 2 amide bonds. The van der Waals surface area contributed by atoms with Gasteiger partial charge in [-0.1, -0.05) is 11.2 Å². The Hall–Kier alpha value is -1.68. The number of thiophene rings is 1. The van der Waals surface area contributed by atoms with Crippen molar-refractivity contribution in [1.82, 2.24) is 10.3 Å². The molecule has 9 heteroatoms. The van der Waals surface area contributed by atoms with E-state index >= 15 is 0 Å². The minimum Gasteiger partial charge on any atom is -0.350 e. The molecule has 2 N–H and O–H groups in total. The van der Waals surface area contributed by atoms with Crippen molar-refractivity contribution in [3.63, 3.8) is 0 Å². The Morgan fingerprint density at radius 1 is 1.17 bits per heavy atom. The Kier molecular flexibility index (Phi) is 6.52. The van der Waals surface area contributed by atoms with Crippen molar-refractivity contribution in [2.45, 2.75) is 32.4 Å². The predicted molar refractivity (Wildman–Crippen MR) is 128 cm³/mol. The number of rotatable bonds is 6. The zero-order chi connectivity index (χ0) is 21.3. The van der Waals surface area contributed by atoms with Gasteiger partial charge in [-0.25, -0.2) is 4.98 Å². The van der Waals surface area contributed by atoms with Gasteiger partial charge in [0.15, 0.2) is 0 Å². The number of benzene rings is 1. The maximum absolute atomic E-state index is 12.6. The van der Waals surface area contributed by atoms with Crippen LogP contribution in [0, 0.1) is 13.8 Å². The number of nitrogens with one attached hydrogen (secondary N) is 2. The van der Waals surface area contributed by atoms with Gasteiger partial charge in [0.1, 0.15) is 4.88 Å². The third-order valence-corrected chi connectivity index (χ3v) is 9.80. The maximum atomic E-state index is 12.6. The lowest BCUT2D eigenvalue weighted by atomic mass is 10.2. The van der Waals surface area contributed by atoms with Crippen molar-refractivity contribution >= 4 is 70.9 Å². The first kappa shape index (κ1) is 22.0. The zero-order valence-electron chi connectivity index (χ0n) is 16.9. The van der Waals surface area contributed by atoms with Gasteiger partial charge in [-0.05, 0) is 63.6 Å². The second-order valence-corrected chi connectivity index (χ2v) is 13.2. The smallest absolute Gasteiger partial charge is 0.267 e. The average molecular weight is 466 g/mol. The van der Waals surface area contributed by atoms with Crippen LogP contribution in [0.3, 0.4) is 0 Å². The first-order chi connectivity index (χ1) is 13.6. The molecule has 0 bridgehead atoms. The molecule has 1 unspecified atom stereocenters.